The normalized spacial score (nSPS) is 20.0. The SMILES string of the molecule is CC1CCCCC1NC(=O)/C(C#N)=C/c1ccc(OC(F)F)cc1OC(F)F. The topological polar surface area (TPSA) is 71.4 Å². The highest BCUT2D eigenvalue weighted by molar-refractivity contribution is 6.02. The zero-order valence-corrected chi connectivity index (χ0v) is 15.1. The van der Waals surface area contributed by atoms with Crippen molar-refractivity contribution in [2.75, 3.05) is 0 Å². The molecule has 1 N–H and O–H groups in total. The van der Waals surface area contributed by atoms with Gasteiger partial charge in [0.05, 0.1) is 0 Å². The number of benzene rings is 1. The fourth-order valence-corrected chi connectivity index (χ4v) is 3.09. The molecule has 1 aromatic rings. The van der Waals surface area contributed by atoms with Crippen LogP contribution in [0.5, 0.6) is 11.5 Å². The summed E-state index contributed by atoms with van der Waals surface area (Å²) in [5.74, 6) is -1.24. The van der Waals surface area contributed by atoms with E-state index in [0.717, 1.165) is 50.0 Å². The van der Waals surface area contributed by atoms with E-state index in [4.69, 9.17) is 0 Å². The molecule has 5 nitrogen and oxygen atoms in total. The molecular formula is C19H20F4N2O3. The minimum atomic E-state index is -3.23. The number of nitrogens with one attached hydrogen (secondary N) is 1. The first kappa shape index (κ1) is 21.5. The Hall–Kier alpha value is -2.76. The summed E-state index contributed by atoms with van der Waals surface area (Å²) in [6, 6.07) is 4.77. The Morgan fingerprint density at radius 1 is 1.21 bits per heavy atom. The average Bonchev–Trinajstić information content (AvgIpc) is 2.62. The second-order valence-corrected chi connectivity index (χ2v) is 6.47. The quantitative estimate of drug-likeness (QED) is 0.416. The number of hydrogen-bond donors (Lipinski definition) is 1. The van der Waals surface area contributed by atoms with Crippen LogP contribution in [0.4, 0.5) is 17.6 Å². The van der Waals surface area contributed by atoms with Crippen LogP contribution in [-0.4, -0.2) is 25.2 Å². The molecule has 0 aromatic heterocycles. The number of hydrogen-bond acceptors (Lipinski definition) is 4. The van der Waals surface area contributed by atoms with Gasteiger partial charge in [0, 0.05) is 17.7 Å². The summed E-state index contributed by atoms with van der Waals surface area (Å²) in [5, 5.41) is 12.1. The number of nitriles is 1. The molecule has 1 aromatic carbocycles. The molecule has 0 bridgehead atoms. The first-order chi connectivity index (χ1) is 13.3. The van der Waals surface area contributed by atoms with E-state index in [1.807, 2.05) is 6.92 Å². The van der Waals surface area contributed by atoms with Gasteiger partial charge in [0.25, 0.3) is 5.91 Å². The molecule has 9 heteroatoms. The zero-order chi connectivity index (χ0) is 20.7. The Morgan fingerprint density at radius 2 is 1.89 bits per heavy atom. The molecule has 28 heavy (non-hydrogen) atoms. The van der Waals surface area contributed by atoms with Gasteiger partial charge in [-0.1, -0.05) is 19.8 Å². The van der Waals surface area contributed by atoms with Crippen molar-refractivity contribution in [3.8, 4) is 17.6 Å². The summed E-state index contributed by atoms with van der Waals surface area (Å²) < 4.78 is 58.4. The lowest BCUT2D eigenvalue weighted by atomic mass is 9.86. The van der Waals surface area contributed by atoms with Crippen LogP contribution in [-0.2, 0) is 4.79 Å². The molecule has 1 saturated carbocycles. The first-order valence-corrected chi connectivity index (χ1v) is 8.76. The van der Waals surface area contributed by atoms with E-state index in [2.05, 4.69) is 14.8 Å². The molecule has 2 atom stereocenters. The van der Waals surface area contributed by atoms with E-state index >= 15 is 0 Å². The fourth-order valence-electron chi connectivity index (χ4n) is 3.09. The van der Waals surface area contributed by atoms with E-state index in [1.54, 1.807) is 6.07 Å². The summed E-state index contributed by atoms with van der Waals surface area (Å²) in [6.45, 7) is -4.36. The molecule has 2 rings (SSSR count). The Bertz CT molecular complexity index is 762. The van der Waals surface area contributed by atoms with Crippen LogP contribution in [0.1, 0.15) is 38.2 Å². The maximum atomic E-state index is 12.6. The van der Waals surface area contributed by atoms with Crippen LogP contribution in [0, 0.1) is 17.2 Å². The van der Waals surface area contributed by atoms with Crippen molar-refractivity contribution < 1.29 is 31.8 Å². The lowest BCUT2D eigenvalue weighted by Gasteiger charge is -2.29. The second kappa shape index (κ2) is 9.97. The van der Waals surface area contributed by atoms with Crippen LogP contribution in [0.25, 0.3) is 6.08 Å². The zero-order valence-electron chi connectivity index (χ0n) is 15.1. The molecule has 2 unspecified atom stereocenters. The van der Waals surface area contributed by atoms with Crippen molar-refractivity contribution in [2.45, 2.75) is 51.9 Å². The maximum Gasteiger partial charge on any atom is 0.387 e. The number of amides is 1. The summed E-state index contributed by atoms with van der Waals surface area (Å²) in [5.41, 5.74) is -0.343. The van der Waals surface area contributed by atoms with Crippen molar-refractivity contribution >= 4 is 12.0 Å². The van der Waals surface area contributed by atoms with Gasteiger partial charge < -0.3 is 14.8 Å². The highest BCUT2D eigenvalue weighted by Crippen LogP contribution is 2.29. The third-order valence-corrected chi connectivity index (χ3v) is 4.52. The molecule has 1 amide bonds. The monoisotopic (exact) mass is 400 g/mol. The molecule has 0 spiro atoms. The van der Waals surface area contributed by atoms with Crippen LogP contribution >= 0.6 is 0 Å². The van der Waals surface area contributed by atoms with Crippen molar-refractivity contribution in [1.29, 1.82) is 5.26 Å². The van der Waals surface area contributed by atoms with E-state index in [1.165, 1.54) is 0 Å². The molecule has 1 aliphatic carbocycles. The minimum absolute atomic E-state index is 0.0368. The van der Waals surface area contributed by atoms with Crippen LogP contribution in [0.3, 0.4) is 0 Å². The van der Waals surface area contributed by atoms with Crippen LogP contribution in [0.15, 0.2) is 23.8 Å². The lowest BCUT2D eigenvalue weighted by Crippen LogP contribution is -2.41. The largest absolute Gasteiger partial charge is 0.435 e. The lowest BCUT2D eigenvalue weighted by molar-refractivity contribution is -0.118. The maximum absolute atomic E-state index is 12.6. The average molecular weight is 400 g/mol. The number of halogens is 4. The number of alkyl halides is 4. The molecule has 0 saturated heterocycles. The van der Waals surface area contributed by atoms with Gasteiger partial charge in [0.2, 0.25) is 0 Å². The van der Waals surface area contributed by atoms with Gasteiger partial charge in [-0.3, -0.25) is 4.79 Å². The van der Waals surface area contributed by atoms with Crippen molar-refractivity contribution in [2.24, 2.45) is 5.92 Å². The van der Waals surface area contributed by atoms with Crippen molar-refractivity contribution in [1.82, 2.24) is 5.32 Å². The van der Waals surface area contributed by atoms with Gasteiger partial charge in [0.1, 0.15) is 23.1 Å². The van der Waals surface area contributed by atoms with Crippen LogP contribution < -0.4 is 14.8 Å². The van der Waals surface area contributed by atoms with Gasteiger partial charge in [-0.15, -0.1) is 0 Å². The smallest absolute Gasteiger partial charge is 0.387 e. The van der Waals surface area contributed by atoms with Gasteiger partial charge in [-0.25, -0.2) is 0 Å². The summed E-state index contributed by atoms with van der Waals surface area (Å²) in [4.78, 5) is 12.4. The highest BCUT2D eigenvalue weighted by Gasteiger charge is 2.24. The Kier molecular flexibility index (Phi) is 7.67. The Balaban J connectivity index is 2.25. The van der Waals surface area contributed by atoms with E-state index < -0.39 is 24.9 Å². The van der Waals surface area contributed by atoms with Gasteiger partial charge >= 0.3 is 13.2 Å². The predicted octanol–water partition coefficient (Wildman–Crippen LogP) is 4.49. The number of rotatable bonds is 7. The molecule has 0 radical (unpaired) electrons. The van der Waals surface area contributed by atoms with Crippen molar-refractivity contribution in [3.63, 3.8) is 0 Å². The minimum Gasteiger partial charge on any atom is -0.435 e. The second-order valence-electron chi connectivity index (χ2n) is 6.47. The number of carbonyl (C=O) groups excluding carboxylic acids is 1. The molecule has 0 aliphatic heterocycles. The molecule has 0 heterocycles. The molecular weight excluding hydrogens is 380 g/mol. The highest BCUT2D eigenvalue weighted by atomic mass is 19.3. The van der Waals surface area contributed by atoms with E-state index in [0.29, 0.717) is 0 Å². The standard InChI is InChI=1S/C19H20F4N2O3/c1-11-4-2-3-5-15(11)25-17(26)13(10-24)8-12-6-7-14(27-18(20)21)9-16(12)28-19(22)23/h6-9,11,15,18-19H,2-5H2,1H3,(H,25,26)/b13-8+. The predicted molar refractivity (Wildman–Crippen MR) is 92.9 cm³/mol. The fraction of sp³-hybridized carbons (Fsp3) is 0.474. The van der Waals surface area contributed by atoms with Crippen molar-refractivity contribution in [3.05, 3.63) is 29.3 Å². The first-order valence-electron chi connectivity index (χ1n) is 8.76. The summed E-state index contributed by atoms with van der Waals surface area (Å²) in [7, 11) is 0. The third kappa shape index (κ3) is 6.15. The number of ether oxygens (including phenoxy) is 2. The molecule has 152 valence electrons. The van der Waals surface area contributed by atoms with Gasteiger partial charge in [-0.05, 0) is 37.0 Å². The molecule has 1 fully saturated rings. The summed E-state index contributed by atoms with van der Waals surface area (Å²) in [6.07, 6.45) is 4.89. The molecule has 1 aliphatic rings. The Morgan fingerprint density at radius 3 is 2.50 bits per heavy atom. The number of nitrogens with zero attached hydrogens (tertiary/aromatic N) is 1. The number of carbonyl (C=O) groups is 1. The van der Waals surface area contributed by atoms with Gasteiger partial charge in [0.15, 0.2) is 0 Å². The third-order valence-electron chi connectivity index (χ3n) is 4.52. The summed E-state index contributed by atoms with van der Waals surface area (Å²) >= 11 is 0. The van der Waals surface area contributed by atoms with E-state index in [9.17, 15) is 27.6 Å². The van der Waals surface area contributed by atoms with Gasteiger partial charge in [-0.2, -0.15) is 22.8 Å². The Labute approximate surface area is 159 Å². The van der Waals surface area contributed by atoms with Crippen LogP contribution in [0.2, 0.25) is 0 Å². The van der Waals surface area contributed by atoms with E-state index in [-0.39, 0.29) is 28.8 Å².